The minimum Gasteiger partial charge on any atom is -0.316 e. The number of hydrogen-bond donors (Lipinski definition) is 1. The molecule has 0 radical (unpaired) electrons. The largest absolute Gasteiger partial charge is 0.316 e. The van der Waals surface area contributed by atoms with Crippen LogP contribution in [0.25, 0.3) is 0 Å². The average Bonchev–Trinajstić information content (AvgIpc) is 2.46. The summed E-state index contributed by atoms with van der Waals surface area (Å²) in [5.74, 6) is 0. The Morgan fingerprint density at radius 1 is 1.27 bits per heavy atom. The molecule has 1 aliphatic rings. The zero-order valence-electron chi connectivity index (χ0n) is 12.4. The molecule has 22 heavy (non-hydrogen) atoms. The van der Waals surface area contributed by atoms with Gasteiger partial charge in [-0.25, -0.2) is 21.8 Å². The van der Waals surface area contributed by atoms with Crippen LogP contribution in [0, 0.1) is 0 Å². The third-order valence-electron chi connectivity index (χ3n) is 3.52. The molecule has 2 rings (SSSR count). The van der Waals surface area contributed by atoms with E-state index in [9.17, 15) is 16.8 Å². The van der Waals surface area contributed by atoms with E-state index >= 15 is 0 Å². The highest BCUT2D eigenvalue weighted by Gasteiger charge is 2.30. The first-order valence-corrected chi connectivity index (χ1v) is 9.92. The fourth-order valence-electron chi connectivity index (χ4n) is 2.28. The number of likely N-dealkylation sites (N-methyl/N-ethyl adjacent to an activating group) is 1. The number of pyridine rings is 1. The molecule has 1 saturated heterocycles. The third kappa shape index (κ3) is 4.17. The Hall–Kier alpha value is -0.740. The van der Waals surface area contributed by atoms with Gasteiger partial charge in [-0.05, 0) is 32.0 Å². The maximum atomic E-state index is 12.5. The van der Waals surface area contributed by atoms with E-state index in [-0.39, 0.29) is 28.4 Å². The highest BCUT2D eigenvalue weighted by Crippen LogP contribution is 2.20. The van der Waals surface area contributed by atoms with Crippen LogP contribution in [-0.4, -0.2) is 58.6 Å². The molecule has 1 aromatic rings. The van der Waals surface area contributed by atoms with Crippen LogP contribution in [0.1, 0.15) is 12.8 Å². The zero-order chi connectivity index (χ0) is 15.7. The molecule has 1 aromatic heterocycles. The van der Waals surface area contributed by atoms with E-state index in [1.54, 1.807) is 0 Å². The lowest BCUT2D eigenvalue weighted by Crippen LogP contribution is -2.46. The lowest BCUT2D eigenvalue weighted by atomic mass is 10.1. The number of hydrogen-bond acceptors (Lipinski definition) is 6. The molecule has 1 N–H and O–H groups in total. The standard InChI is InChI=1S/C12H19N3O4S2.ClH/c1-13-10-4-3-7-15(9-10)21(18,19)11-5-6-12(14-8-11)20(2,16)17;/h5-6,8,10,13H,3-4,7,9H2,1-2H3;1H. The first-order valence-electron chi connectivity index (χ1n) is 6.58. The van der Waals surface area contributed by atoms with Crippen LogP contribution in [0.3, 0.4) is 0 Å². The number of nitrogens with zero attached hydrogens (tertiary/aromatic N) is 2. The fourth-order valence-corrected chi connectivity index (χ4v) is 4.31. The van der Waals surface area contributed by atoms with Gasteiger partial charge in [0.2, 0.25) is 10.0 Å². The molecule has 0 bridgehead atoms. The van der Waals surface area contributed by atoms with Gasteiger partial charge in [0.25, 0.3) is 0 Å². The van der Waals surface area contributed by atoms with Crippen LogP contribution in [0.15, 0.2) is 28.3 Å². The lowest BCUT2D eigenvalue weighted by molar-refractivity contribution is 0.293. The van der Waals surface area contributed by atoms with Crippen molar-refractivity contribution in [3.8, 4) is 0 Å². The number of nitrogens with one attached hydrogen (secondary N) is 1. The molecular formula is C12H20ClN3O4S2. The number of halogens is 1. The van der Waals surface area contributed by atoms with E-state index in [4.69, 9.17) is 0 Å². The second-order valence-electron chi connectivity index (χ2n) is 5.10. The minimum absolute atomic E-state index is 0. The van der Waals surface area contributed by atoms with Crippen molar-refractivity contribution in [3.63, 3.8) is 0 Å². The maximum absolute atomic E-state index is 12.5. The molecule has 0 aliphatic carbocycles. The number of piperidine rings is 1. The predicted molar refractivity (Wildman–Crippen MR) is 85.4 cm³/mol. The molecule has 0 aromatic carbocycles. The molecule has 1 fully saturated rings. The smallest absolute Gasteiger partial charge is 0.244 e. The summed E-state index contributed by atoms with van der Waals surface area (Å²) in [5, 5.41) is 2.95. The quantitative estimate of drug-likeness (QED) is 0.818. The van der Waals surface area contributed by atoms with Crippen molar-refractivity contribution in [1.29, 1.82) is 0 Å². The molecule has 126 valence electrons. The molecule has 0 saturated carbocycles. The second kappa shape index (κ2) is 7.22. The van der Waals surface area contributed by atoms with Gasteiger partial charge in [-0.2, -0.15) is 4.31 Å². The summed E-state index contributed by atoms with van der Waals surface area (Å²) in [6, 6.07) is 2.65. The first kappa shape index (κ1) is 19.3. The van der Waals surface area contributed by atoms with Crippen LogP contribution in [-0.2, 0) is 19.9 Å². The lowest BCUT2D eigenvalue weighted by Gasteiger charge is -2.31. The van der Waals surface area contributed by atoms with Crippen LogP contribution in [0.2, 0.25) is 0 Å². The highest BCUT2D eigenvalue weighted by molar-refractivity contribution is 7.90. The van der Waals surface area contributed by atoms with E-state index in [1.165, 1.54) is 16.4 Å². The van der Waals surface area contributed by atoms with Crippen molar-refractivity contribution in [2.45, 2.75) is 28.8 Å². The molecule has 7 nitrogen and oxygen atoms in total. The third-order valence-corrected chi connectivity index (χ3v) is 6.37. The summed E-state index contributed by atoms with van der Waals surface area (Å²) >= 11 is 0. The van der Waals surface area contributed by atoms with E-state index in [0.717, 1.165) is 25.3 Å². The summed E-state index contributed by atoms with van der Waals surface area (Å²) in [6.45, 7) is 0.876. The SMILES string of the molecule is CNC1CCCN(S(=O)(=O)c2ccc(S(C)(=O)=O)nc2)C1.Cl. The van der Waals surface area contributed by atoms with Crippen LogP contribution >= 0.6 is 12.4 Å². The molecule has 1 atom stereocenters. The Morgan fingerprint density at radius 3 is 2.45 bits per heavy atom. The van der Waals surface area contributed by atoms with Gasteiger partial charge in [-0.1, -0.05) is 0 Å². The normalized spacial score (nSPS) is 20.4. The molecule has 0 amide bonds. The van der Waals surface area contributed by atoms with Crippen molar-refractivity contribution >= 4 is 32.3 Å². The summed E-state index contributed by atoms with van der Waals surface area (Å²) in [6.07, 6.45) is 3.87. The van der Waals surface area contributed by atoms with Gasteiger partial charge < -0.3 is 5.32 Å². The highest BCUT2D eigenvalue weighted by atomic mass is 35.5. The summed E-state index contributed by atoms with van der Waals surface area (Å²) in [7, 11) is -5.25. The Morgan fingerprint density at radius 2 is 1.95 bits per heavy atom. The zero-order valence-corrected chi connectivity index (χ0v) is 14.8. The Bertz CT molecular complexity index is 704. The fraction of sp³-hybridized carbons (Fsp3) is 0.583. The van der Waals surface area contributed by atoms with Gasteiger partial charge in [-0.3, -0.25) is 0 Å². The van der Waals surface area contributed by atoms with Gasteiger partial charge in [0.1, 0.15) is 4.90 Å². The Labute approximate surface area is 137 Å². The summed E-state index contributed by atoms with van der Waals surface area (Å²) < 4.78 is 49.1. The first-order chi connectivity index (χ1) is 9.75. The minimum atomic E-state index is -3.63. The monoisotopic (exact) mass is 369 g/mol. The van der Waals surface area contributed by atoms with Gasteiger partial charge >= 0.3 is 0 Å². The topological polar surface area (TPSA) is 96.4 Å². The predicted octanol–water partition coefficient (Wildman–Crippen LogP) is 0.279. The van der Waals surface area contributed by atoms with Gasteiger partial charge in [-0.15, -0.1) is 12.4 Å². The van der Waals surface area contributed by atoms with Crippen LogP contribution in [0.4, 0.5) is 0 Å². The number of rotatable bonds is 4. The van der Waals surface area contributed by atoms with Gasteiger partial charge in [0, 0.05) is 31.6 Å². The van der Waals surface area contributed by atoms with Crippen molar-refractivity contribution in [2.75, 3.05) is 26.4 Å². The molecule has 1 aliphatic heterocycles. The van der Waals surface area contributed by atoms with Crippen molar-refractivity contribution < 1.29 is 16.8 Å². The molecule has 2 heterocycles. The molecule has 10 heteroatoms. The average molecular weight is 370 g/mol. The number of aromatic nitrogens is 1. The second-order valence-corrected chi connectivity index (χ2v) is 9.00. The van der Waals surface area contributed by atoms with Gasteiger partial charge in [0.05, 0.1) is 0 Å². The molecule has 0 spiro atoms. The Balaban J connectivity index is 0.00000242. The van der Waals surface area contributed by atoms with Crippen molar-refractivity contribution in [3.05, 3.63) is 18.3 Å². The van der Waals surface area contributed by atoms with Gasteiger partial charge in [0.15, 0.2) is 14.9 Å². The maximum Gasteiger partial charge on any atom is 0.244 e. The van der Waals surface area contributed by atoms with Crippen LogP contribution < -0.4 is 5.32 Å². The summed E-state index contributed by atoms with van der Waals surface area (Å²) in [5.41, 5.74) is 0. The van der Waals surface area contributed by atoms with E-state index in [2.05, 4.69) is 10.3 Å². The van der Waals surface area contributed by atoms with E-state index in [1.807, 2.05) is 7.05 Å². The van der Waals surface area contributed by atoms with E-state index < -0.39 is 19.9 Å². The number of sulfone groups is 1. The summed E-state index contributed by atoms with van der Waals surface area (Å²) in [4.78, 5) is 3.76. The number of sulfonamides is 1. The molecule has 1 unspecified atom stereocenters. The van der Waals surface area contributed by atoms with Crippen molar-refractivity contribution in [1.82, 2.24) is 14.6 Å². The van der Waals surface area contributed by atoms with Crippen molar-refractivity contribution in [2.24, 2.45) is 0 Å². The Kier molecular flexibility index (Phi) is 6.34. The molecular weight excluding hydrogens is 350 g/mol. The van der Waals surface area contributed by atoms with E-state index in [0.29, 0.717) is 13.1 Å². The van der Waals surface area contributed by atoms with Crippen LogP contribution in [0.5, 0.6) is 0 Å².